The molecule has 0 atom stereocenters. The number of benzene rings is 5. The number of carbonyl (C=O) groups is 1. The number of amides is 1. The lowest BCUT2D eigenvalue weighted by molar-refractivity contribution is 0.103. The minimum absolute atomic E-state index is 0.121. The van der Waals surface area contributed by atoms with Crippen molar-refractivity contribution < 1.29 is 13.2 Å². The van der Waals surface area contributed by atoms with Crippen LogP contribution in [0.1, 0.15) is 26.4 Å². The maximum absolute atomic E-state index is 13.6. The van der Waals surface area contributed by atoms with E-state index in [-0.39, 0.29) is 17.3 Å². The third-order valence-corrected chi connectivity index (χ3v) is 9.58. The molecule has 1 amide bonds. The number of fused-ring (bicyclic) bond motifs is 2. The van der Waals surface area contributed by atoms with E-state index in [4.69, 9.17) is 5.73 Å². The van der Waals surface area contributed by atoms with E-state index in [0.29, 0.717) is 22.7 Å². The number of anilines is 2. The topological polar surface area (TPSA) is 101 Å². The molecule has 0 saturated heterocycles. The van der Waals surface area contributed by atoms with Crippen LogP contribution in [0.5, 0.6) is 0 Å². The maximum atomic E-state index is 13.6. The van der Waals surface area contributed by atoms with Crippen molar-refractivity contribution in [2.75, 3.05) is 11.1 Å². The molecule has 0 bridgehead atoms. The molecule has 0 aliphatic rings. The Labute approximate surface area is 242 Å². The van der Waals surface area contributed by atoms with Gasteiger partial charge < -0.3 is 11.1 Å². The highest BCUT2D eigenvalue weighted by Crippen LogP contribution is 2.30. The van der Waals surface area contributed by atoms with Gasteiger partial charge in [-0.3, -0.25) is 4.79 Å². The smallest absolute Gasteiger partial charge is 0.265 e. The number of thiophene rings is 1. The van der Waals surface area contributed by atoms with E-state index in [1.54, 1.807) is 18.2 Å². The first-order valence-electron chi connectivity index (χ1n) is 13.1. The van der Waals surface area contributed by atoms with Gasteiger partial charge in [-0.15, -0.1) is 11.3 Å². The molecule has 0 radical (unpaired) electrons. The van der Waals surface area contributed by atoms with Gasteiger partial charge in [-0.05, 0) is 69.6 Å². The second-order valence-corrected chi connectivity index (χ2v) is 12.6. The predicted octanol–water partition coefficient (Wildman–Crippen LogP) is 6.96. The molecular weight excluding hydrogens is 551 g/mol. The molecule has 5 aromatic carbocycles. The molecule has 6 aromatic rings. The van der Waals surface area contributed by atoms with Crippen LogP contribution < -0.4 is 15.8 Å². The molecule has 8 heteroatoms. The summed E-state index contributed by atoms with van der Waals surface area (Å²) < 4.78 is 31.0. The first kappa shape index (κ1) is 26.7. The summed E-state index contributed by atoms with van der Waals surface area (Å²) in [6.07, 6.45) is 0.499. The zero-order valence-electron chi connectivity index (χ0n) is 22.0. The van der Waals surface area contributed by atoms with Crippen LogP contribution in [0.3, 0.4) is 0 Å². The number of nitrogens with two attached hydrogens (primary N) is 1. The third kappa shape index (κ3) is 5.71. The zero-order valence-corrected chi connectivity index (χ0v) is 23.6. The fourth-order valence-corrected chi connectivity index (χ4v) is 7.19. The fraction of sp³-hybridized carbons (Fsp3) is 0.0606. The molecule has 4 N–H and O–H groups in total. The van der Waals surface area contributed by atoms with Crippen molar-refractivity contribution in [1.29, 1.82) is 0 Å². The molecule has 1 heterocycles. The highest BCUT2D eigenvalue weighted by Gasteiger charge is 2.21. The quantitative estimate of drug-likeness (QED) is 0.170. The third-order valence-electron chi connectivity index (χ3n) is 6.99. The second-order valence-electron chi connectivity index (χ2n) is 9.77. The van der Waals surface area contributed by atoms with Crippen molar-refractivity contribution in [2.24, 2.45) is 0 Å². The Morgan fingerprint density at radius 2 is 1.49 bits per heavy atom. The molecule has 204 valence electrons. The number of rotatable bonds is 8. The van der Waals surface area contributed by atoms with Crippen LogP contribution in [0.15, 0.2) is 120 Å². The van der Waals surface area contributed by atoms with Crippen molar-refractivity contribution in [3.05, 3.63) is 137 Å². The van der Waals surface area contributed by atoms with Crippen LogP contribution in [-0.2, 0) is 23.0 Å². The molecule has 41 heavy (non-hydrogen) atoms. The van der Waals surface area contributed by atoms with Gasteiger partial charge in [-0.25, -0.2) is 13.1 Å². The SMILES string of the molecule is Nc1ccccc1NC(=O)c1cc2ccc(CNS(=O)(=O)c3ccc4ccccc4c3Cc3ccccc3)cc2s1. The van der Waals surface area contributed by atoms with E-state index in [1.165, 1.54) is 11.3 Å². The molecular formula is C33H27N3O3S2. The Balaban J connectivity index is 1.24. The summed E-state index contributed by atoms with van der Waals surface area (Å²) in [7, 11) is -3.82. The normalized spacial score (nSPS) is 11.6. The van der Waals surface area contributed by atoms with Gasteiger partial charge in [0.1, 0.15) is 0 Å². The van der Waals surface area contributed by atoms with Crippen LogP contribution in [0.2, 0.25) is 0 Å². The number of hydrogen-bond donors (Lipinski definition) is 3. The van der Waals surface area contributed by atoms with Crippen molar-refractivity contribution in [3.8, 4) is 0 Å². The average molecular weight is 578 g/mol. The molecule has 6 rings (SSSR count). The van der Waals surface area contributed by atoms with Crippen LogP contribution in [0, 0.1) is 0 Å². The monoisotopic (exact) mass is 577 g/mol. The summed E-state index contributed by atoms with van der Waals surface area (Å²) in [5.74, 6) is -0.242. The first-order chi connectivity index (χ1) is 19.9. The van der Waals surface area contributed by atoms with Gasteiger partial charge in [0.25, 0.3) is 5.91 Å². The van der Waals surface area contributed by atoms with Crippen molar-refractivity contribution >= 4 is 59.5 Å². The largest absolute Gasteiger partial charge is 0.397 e. The average Bonchev–Trinajstić information content (AvgIpc) is 3.42. The van der Waals surface area contributed by atoms with E-state index < -0.39 is 10.0 Å². The number of para-hydroxylation sites is 2. The Kier molecular flexibility index (Phi) is 7.28. The minimum atomic E-state index is -3.82. The summed E-state index contributed by atoms with van der Waals surface area (Å²) in [4.78, 5) is 13.7. The zero-order chi connectivity index (χ0) is 28.4. The molecule has 0 saturated carbocycles. The van der Waals surface area contributed by atoms with Gasteiger partial charge in [-0.2, -0.15) is 0 Å². The van der Waals surface area contributed by atoms with Gasteiger partial charge in [-0.1, -0.05) is 84.9 Å². The van der Waals surface area contributed by atoms with Gasteiger partial charge in [0, 0.05) is 11.2 Å². The van der Waals surface area contributed by atoms with E-state index >= 15 is 0 Å². The fourth-order valence-electron chi connectivity index (χ4n) is 4.90. The van der Waals surface area contributed by atoms with Gasteiger partial charge >= 0.3 is 0 Å². The molecule has 0 spiro atoms. The van der Waals surface area contributed by atoms with Crippen LogP contribution in [-0.4, -0.2) is 14.3 Å². The minimum Gasteiger partial charge on any atom is -0.397 e. The van der Waals surface area contributed by atoms with Crippen LogP contribution in [0.4, 0.5) is 11.4 Å². The van der Waals surface area contributed by atoms with E-state index in [0.717, 1.165) is 37.5 Å². The second kappa shape index (κ2) is 11.2. The highest BCUT2D eigenvalue weighted by atomic mass is 32.2. The molecule has 0 fully saturated rings. The van der Waals surface area contributed by atoms with Crippen LogP contribution >= 0.6 is 11.3 Å². The maximum Gasteiger partial charge on any atom is 0.265 e. The van der Waals surface area contributed by atoms with Gasteiger partial charge in [0.05, 0.1) is 21.1 Å². The number of hydrogen-bond acceptors (Lipinski definition) is 5. The molecule has 1 aromatic heterocycles. The van der Waals surface area contributed by atoms with Crippen molar-refractivity contribution in [3.63, 3.8) is 0 Å². The Hall–Kier alpha value is -4.50. The van der Waals surface area contributed by atoms with Crippen molar-refractivity contribution in [1.82, 2.24) is 4.72 Å². The molecule has 0 aliphatic carbocycles. The lowest BCUT2D eigenvalue weighted by Gasteiger charge is -2.15. The Bertz CT molecular complexity index is 2000. The summed E-state index contributed by atoms with van der Waals surface area (Å²) in [5, 5.41) is 5.68. The molecule has 6 nitrogen and oxygen atoms in total. The number of nitrogens with one attached hydrogen (secondary N) is 2. The van der Waals surface area contributed by atoms with Gasteiger partial charge in [0.15, 0.2) is 0 Å². The number of carbonyl (C=O) groups excluding carboxylic acids is 1. The summed E-state index contributed by atoms with van der Waals surface area (Å²) in [6, 6.07) is 35.9. The lowest BCUT2D eigenvalue weighted by atomic mass is 9.98. The summed E-state index contributed by atoms with van der Waals surface area (Å²) in [5.41, 5.74) is 9.62. The van der Waals surface area contributed by atoms with Gasteiger partial charge in [0.2, 0.25) is 10.0 Å². The van der Waals surface area contributed by atoms with E-state index in [1.807, 2.05) is 97.1 Å². The molecule has 0 aliphatic heterocycles. The molecule has 0 unspecified atom stereocenters. The lowest BCUT2D eigenvalue weighted by Crippen LogP contribution is -2.24. The Morgan fingerprint density at radius 1 is 0.756 bits per heavy atom. The Morgan fingerprint density at radius 3 is 2.32 bits per heavy atom. The van der Waals surface area contributed by atoms with E-state index in [9.17, 15) is 13.2 Å². The number of nitrogen functional groups attached to an aromatic ring is 1. The summed E-state index contributed by atoms with van der Waals surface area (Å²) >= 11 is 1.35. The van der Waals surface area contributed by atoms with Crippen LogP contribution in [0.25, 0.3) is 20.9 Å². The predicted molar refractivity (Wildman–Crippen MR) is 168 cm³/mol. The highest BCUT2D eigenvalue weighted by molar-refractivity contribution is 7.89. The first-order valence-corrected chi connectivity index (χ1v) is 15.4. The summed E-state index contributed by atoms with van der Waals surface area (Å²) in [6.45, 7) is 0.121. The standard InChI is InChI=1S/C33H27N3O3S2/c34-28-12-6-7-13-29(28)36-33(37)31-20-25-15-14-23(19-30(25)40-31)21-35-41(38,39)32-17-16-24-10-4-5-11-26(24)27(32)18-22-8-2-1-3-9-22/h1-17,19-20,35H,18,21,34H2,(H,36,37). The van der Waals surface area contributed by atoms with E-state index in [2.05, 4.69) is 10.0 Å². The van der Waals surface area contributed by atoms with Crippen molar-refractivity contribution in [2.45, 2.75) is 17.9 Å². The number of sulfonamides is 1.